The Morgan fingerprint density at radius 3 is 2.16 bits per heavy atom. The first kappa shape index (κ1) is 30.8. The number of methoxy groups -OCH3 is 1. The van der Waals surface area contributed by atoms with Gasteiger partial charge < -0.3 is 14.8 Å². The second-order valence-electron chi connectivity index (χ2n) is 12.0. The molecule has 43 heavy (non-hydrogen) atoms. The number of likely N-dealkylation sites (tertiary alicyclic amines) is 1. The van der Waals surface area contributed by atoms with Crippen LogP contribution in [0, 0.1) is 11.8 Å². The van der Waals surface area contributed by atoms with E-state index in [9.17, 15) is 27.6 Å². The number of nitrogens with zero attached hydrogens (tertiary/aromatic N) is 2. The quantitative estimate of drug-likeness (QED) is 0.408. The van der Waals surface area contributed by atoms with Crippen LogP contribution >= 0.6 is 0 Å². The number of rotatable bonds is 8. The average Bonchev–Trinajstić information content (AvgIpc) is 3.30. The zero-order valence-corrected chi connectivity index (χ0v) is 24.3. The van der Waals surface area contributed by atoms with Crippen LogP contribution in [0.4, 0.5) is 18.0 Å². The van der Waals surface area contributed by atoms with Crippen molar-refractivity contribution in [3.05, 3.63) is 70.8 Å². The third kappa shape index (κ3) is 7.68. The third-order valence-electron chi connectivity index (χ3n) is 9.02. The maximum Gasteiger partial charge on any atom is 0.416 e. The molecule has 1 spiro atoms. The van der Waals surface area contributed by atoms with E-state index < -0.39 is 17.3 Å². The molecule has 1 saturated carbocycles. The third-order valence-corrected chi connectivity index (χ3v) is 9.02. The average molecular weight is 602 g/mol. The van der Waals surface area contributed by atoms with E-state index in [0.29, 0.717) is 63.6 Å². The summed E-state index contributed by atoms with van der Waals surface area (Å²) in [4.78, 5) is 41.0. The topological polar surface area (TPSA) is 88.2 Å². The van der Waals surface area contributed by atoms with Crippen LogP contribution in [0.3, 0.4) is 0 Å². The Balaban J connectivity index is 1.06. The van der Waals surface area contributed by atoms with E-state index in [1.54, 1.807) is 17.0 Å². The Bertz CT molecular complexity index is 1280. The fourth-order valence-corrected chi connectivity index (χ4v) is 6.34. The minimum absolute atomic E-state index is 0.0408. The van der Waals surface area contributed by atoms with Crippen LogP contribution in [-0.2, 0) is 33.5 Å². The Morgan fingerprint density at radius 1 is 0.953 bits per heavy atom. The van der Waals surface area contributed by atoms with Crippen LogP contribution in [0.25, 0.3) is 0 Å². The minimum Gasteiger partial charge on any atom is -0.469 e. The largest absolute Gasteiger partial charge is 0.469 e. The first-order valence-corrected chi connectivity index (χ1v) is 14.8. The highest BCUT2D eigenvalue weighted by atomic mass is 19.4. The summed E-state index contributed by atoms with van der Waals surface area (Å²) in [5.74, 6) is -0.000299. The van der Waals surface area contributed by atoms with Gasteiger partial charge in [-0.2, -0.15) is 13.2 Å². The second kappa shape index (κ2) is 13.0. The van der Waals surface area contributed by atoms with Crippen molar-refractivity contribution in [2.45, 2.75) is 63.4 Å². The van der Waals surface area contributed by atoms with Gasteiger partial charge in [-0.05, 0) is 67.0 Å². The van der Waals surface area contributed by atoms with E-state index in [4.69, 9.17) is 9.47 Å². The second-order valence-corrected chi connectivity index (χ2v) is 12.0. The molecular formula is C32H38F3N3O5. The predicted octanol–water partition coefficient (Wildman–Crippen LogP) is 5.40. The molecule has 0 atom stereocenters. The van der Waals surface area contributed by atoms with Gasteiger partial charge in [0.25, 0.3) is 5.91 Å². The van der Waals surface area contributed by atoms with Crippen LogP contribution in [-0.4, -0.2) is 66.7 Å². The summed E-state index contributed by atoms with van der Waals surface area (Å²) in [5.41, 5.74) is 1.04. The maximum absolute atomic E-state index is 12.8. The highest BCUT2D eigenvalue weighted by Crippen LogP contribution is 2.35. The Morgan fingerprint density at radius 2 is 1.56 bits per heavy atom. The van der Waals surface area contributed by atoms with Crippen molar-refractivity contribution >= 4 is 18.0 Å². The molecule has 2 aromatic carbocycles. The lowest BCUT2D eigenvalue weighted by Gasteiger charge is -2.37. The van der Waals surface area contributed by atoms with Gasteiger partial charge in [0.05, 0.1) is 25.1 Å². The Kier molecular flexibility index (Phi) is 9.29. The van der Waals surface area contributed by atoms with Gasteiger partial charge in [-0.3, -0.25) is 19.4 Å². The number of alkyl halides is 3. The molecule has 2 amide bonds. The number of carbonyl (C=O) groups excluding carboxylic acids is 3. The summed E-state index contributed by atoms with van der Waals surface area (Å²) in [6.07, 6.45) is -0.0856. The Hall–Kier alpha value is -3.60. The molecule has 0 aromatic heterocycles. The van der Waals surface area contributed by atoms with Crippen molar-refractivity contribution in [2.75, 3.05) is 33.3 Å². The molecule has 1 N–H and O–H groups in total. The molecule has 232 valence electrons. The number of esters is 1. The van der Waals surface area contributed by atoms with Gasteiger partial charge in [0, 0.05) is 51.1 Å². The SMILES string of the molecule is COC(=O)C1CCC(CNC(=O)c2ccc(CN3CC4(CCN(Cc5ccc(C(F)(F)F)cc5)CC4)OC3=O)cc2)CC1. The molecule has 0 radical (unpaired) electrons. The van der Waals surface area contributed by atoms with E-state index in [2.05, 4.69) is 10.2 Å². The predicted molar refractivity (Wildman–Crippen MR) is 152 cm³/mol. The smallest absolute Gasteiger partial charge is 0.416 e. The molecule has 0 bridgehead atoms. The zero-order valence-electron chi connectivity index (χ0n) is 24.3. The summed E-state index contributed by atoms with van der Waals surface area (Å²) in [7, 11) is 1.41. The van der Waals surface area contributed by atoms with Crippen molar-refractivity contribution in [1.29, 1.82) is 0 Å². The lowest BCUT2D eigenvalue weighted by molar-refractivity contribution is -0.146. The van der Waals surface area contributed by atoms with Crippen LogP contribution in [0.2, 0.25) is 0 Å². The minimum atomic E-state index is -4.35. The molecular weight excluding hydrogens is 563 g/mol. The summed E-state index contributed by atoms with van der Waals surface area (Å²) in [6.45, 7) is 3.32. The molecule has 5 rings (SSSR count). The number of ether oxygens (including phenoxy) is 2. The number of nitrogens with one attached hydrogen (secondary N) is 1. The molecule has 2 heterocycles. The van der Waals surface area contributed by atoms with Gasteiger partial charge >= 0.3 is 18.2 Å². The standard InChI is InChI=1S/C32H38F3N3O5/c1-42-29(40)26-10-2-22(3-11-26)18-36-28(39)25-8-4-24(5-9-25)20-38-21-31(43-30(38)41)14-16-37(17-15-31)19-23-6-12-27(13-7-23)32(33,34)35/h4-9,12-13,22,26H,2-3,10-11,14-21H2,1H3,(H,36,39). The number of hydrogen-bond donors (Lipinski definition) is 1. The van der Waals surface area contributed by atoms with Crippen molar-refractivity contribution in [1.82, 2.24) is 15.1 Å². The number of halogens is 3. The van der Waals surface area contributed by atoms with E-state index in [1.807, 2.05) is 12.1 Å². The first-order valence-electron chi connectivity index (χ1n) is 14.8. The van der Waals surface area contributed by atoms with Gasteiger partial charge in [-0.25, -0.2) is 4.79 Å². The van der Waals surface area contributed by atoms with Gasteiger partial charge in [-0.15, -0.1) is 0 Å². The number of piperidine rings is 1. The molecule has 2 saturated heterocycles. The number of amides is 2. The first-order chi connectivity index (χ1) is 20.5. The van der Waals surface area contributed by atoms with Crippen LogP contribution in [0.5, 0.6) is 0 Å². The fraction of sp³-hybridized carbons (Fsp3) is 0.531. The molecule has 2 aliphatic heterocycles. The van der Waals surface area contributed by atoms with Gasteiger partial charge in [0.15, 0.2) is 0 Å². The molecule has 11 heteroatoms. The highest BCUT2D eigenvalue weighted by Gasteiger charge is 2.46. The Labute approximate surface area is 249 Å². The highest BCUT2D eigenvalue weighted by molar-refractivity contribution is 5.94. The zero-order chi connectivity index (χ0) is 30.6. The van der Waals surface area contributed by atoms with Crippen molar-refractivity contribution < 1.29 is 37.0 Å². The van der Waals surface area contributed by atoms with E-state index in [-0.39, 0.29) is 23.9 Å². The lowest BCUT2D eigenvalue weighted by atomic mass is 9.82. The summed E-state index contributed by atoms with van der Waals surface area (Å²) in [6, 6.07) is 12.5. The van der Waals surface area contributed by atoms with E-state index in [0.717, 1.165) is 48.9 Å². The lowest BCUT2D eigenvalue weighted by Crippen LogP contribution is -2.46. The van der Waals surface area contributed by atoms with Gasteiger partial charge in [-0.1, -0.05) is 24.3 Å². The number of hydrogen-bond acceptors (Lipinski definition) is 6. The van der Waals surface area contributed by atoms with Crippen LogP contribution < -0.4 is 5.32 Å². The number of carbonyl (C=O) groups is 3. The molecule has 2 aromatic rings. The van der Waals surface area contributed by atoms with Crippen LogP contribution in [0.15, 0.2) is 48.5 Å². The molecule has 3 fully saturated rings. The van der Waals surface area contributed by atoms with Crippen molar-refractivity contribution in [2.24, 2.45) is 11.8 Å². The van der Waals surface area contributed by atoms with Gasteiger partial charge in [0.2, 0.25) is 0 Å². The monoisotopic (exact) mass is 601 g/mol. The molecule has 3 aliphatic rings. The summed E-state index contributed by atoms with van der Waals surface area (Å²) in [5, 5.41) is 3.00. The van der Waals surface area contributed by atoms with Crippen LogP contribution in [0.1, 0.15) is 65.6 Å². The molecule has 1 aliphatic carbocycles. The van der Waals surface area contributed by atoms with Gasteiger partial charge in [0.1, 0.15) is 5.60 Å². The summed E-state index contributed by atoms with van der Waals surface area (Å²) >= 11 is 0. The molecule has 8 nitrogen and oxygen atoms in total. The fourth-order valence-electron chi connectivity index (χ4n) is 6.34. The normalized spacial score (nSPS) is 22.3. The maximum atomic E-state index is 12.8. The molecule has 0 unspecified atom stereocenters. The number of benzene rings is 2. The van der Waals surface area contributed by atoms with E-state index >= 15 is 0 Å². The summed E-state index contributed by atoms with van der Waals surface area (Å²) < 4.78 is 49.2. The van der Waals surface area contributed by atoms with E-state index in [1.165, 1.54) is 19.2 Å². The van der Waals surface area contributed by atoms with Crippen molar-refractivity contribution in [3.63, 3.8) is 0 Å². The van der Waals surface area contributed by atoms with Crippen molar-refractivity contribution in [3.8, 4) is 0 Å².